The minimum atomic E-state index is -0.374. The van der Waals surface area contributed by atoms with Crippen molar-refractivity contribution in [2.75, 3.05) is 0 Å². The first-order valence-electron chi connectivity index (χ1n) is 9.52. The number of halogens is 1. The number of benzene rings is 2. The third-order valence-corrected chi connectivity index (χ3v) is 4.89. The van der Waals surface area contributed by atoms with Gasteiger partial charge in [0.15, 0.2) is 0 Å². The van der Waals surface area contributed by atoms with Gasteiger partial charge in [0.05, 0.1) is 5.69 Å². The van der Waals surface area contributed by atoms with Crippen LogP contribution in [0.15, 0.2) is 60.8 Å². The molecule has 4 aromatic rings. The number of nitrogen functional groups attached to an aromatic ring is 1. The van der Waals surface area contributed by atoms with Crippen molar-refractivity contribution in [1.29, 1.82) is 0 Å². The molecular formula is C22H22FN5O. The summed E-state index contributed by atoms with van der Waals surface area (Å²) in [7, 11) is 0. The fourth-order valence-corrected chi connectivity index (χ4v) is 3.60. The molecule has 4 rings (SSSR count). The predicted molar refractivity (Wildman–Crippen MR) is 111 cm³/mol. The van der Waals surface area contributed by atoms with Crippen LogP contribution in [0.5, 0.6) is 0 Å². The van der Waals surface area contributed by atoms with Crippen LogP contribution in [-0.4, -0.2) is 20.3 Å². The van der Waals surface area contributed by atoms with E-state index in [1.165, 1.54) is 12.1 Å². The van der Waals surface area contributed by atoms with Crippen LogP contribution in [0.3, 0.4) is 0 Å². The summed E-state index contributed by atoms with van der Waals surface area (Å²) in [4.78, 5) is 12.2. The van der Waals surface area contributed by atoms with E-state index >= 15 is 0 Å². The minimum Gasteiger partial charge on any atom is -0.342 e. The van der Waals surface area contributed by atoms with Crippen molar-refractivity contribution in [2.24, 2.45) is 5.84 Å². The summed E-state index contributed by atoms with van der Waals surface area (Å²) in [6, 6.07) is 16.3. The van der Waals surface area contributed by atoms with Crippen molar-refractivity contribution in [1.82, 2.24) is 19.8 Å². The number of carbonyl (C=O) groups excluding carboxylic acids is 1. The van der Waals surface area contributed by atoms with E-state index in [9.17, 15) is 9.18 Å². The highest BCUT2D eigenvalue weighted by Gasteiger charge is 2.18. The van der Waals surface area contributed by atoms with E-state index in [0.717, 1.165) is 28.5 Å². The van der Waals surface area contributed by atoms with Gasteiger partial charge in [-0.25, -0.2) is 10.2 Å². The van der Waals surface area contributed by atoms with Crippen molar-refractivity contribution in [3.8, 4) is 11.3 Å². The molecule has 0 aliphatic rings. The Balaban J connectivity index is 1.82. The number of hydrazine groups is 1. The molecule has 0 spiro atoms. The van der Waals surface area contributed by atoms with Crippen molar-refractivity contribution in [3.63, 3.8) is 0 Å². The molecule has 2 heterocycles. The maximum absolute atomic E-state index is 13.6. The van der Waals surface area contributed by atoms with E-state index in [2.05, 4.69) is 15.1 Å². The Morgan fingerprint density at radius 1 is 1.17 bits per heavy atom. The predicted octanol–water partition coefficient (Wildman–Crippen LogP) is 3.71. The van der Waals surface area contributed by atoms with Crippen LogP contribution in [-0.2, 0) is 13.1 Å². The number of nitrogens with zero attached hydrogens (tertiary/aromatic N) is 3. The first-order chi connectivity index (χ1) is 14.1. The zero-order chi connectivity index (χ0) is 20.4. The van der Waals surface area contributed by atoms with Crippen LogP contribution in [0, 0.1) is 5.82 Å². The van der Waals surface area contributed by atoms with Crippen LogP contribution in [0.25, 0.3) is 22.2 Å². The van der Waals surface area contributed by atoms with Crippen molar-refractivity contribution in [2.45, 2.75) is 26.4 Å². The normalized spacial score (nSPS) is 11.1. The molecule has 0 fully saturated rings. The largest absolute Gasteiger partial charge is 0.342 e. The van der Waals surface area contributed by atoms with Crippen LogP contribution in [0.1, 0.15) is 29.4 Å². The number of aryl methyl sites for hydroxylation is 1. The molecule has 7 heteroatoms. The van der Waals surface area contributed by atoms with Gasteiger partial charge in [-0.2, -0.15) is 5.10 Å². The number of carbonyl (C=O) groups is 1. The SMILES string of the molecule is CCCn1nc(-c2cn(Cc3cccc(F)c3)c3ccccc23)cc1C(=O)NN. The monoisotopic (exact) mass is 391 g/mol. The number of rotatable bonds is 6. The van der Waals surface area contributed by atoms with Gasteiger partial charge in [-0.1, -0.05) is 37.3 Å². The molecule has 0 atom stereocenters. The maximum atomic E-state index is 13.6. The summed E-state index contributed by atoms with van der Waals surface area (Å²) < 4.78 is 17.4. The lowest BCUT2D eigenvalue weighted by atomic mass is 10.1. The van der Waals surface area contributed by atoms with Gasteiger partial charge >= 0.3 is 0 Å². The van der Waals surface area contributed by atoms with E-state index in [1.54, 1.807) is 16.8 Å². The highest BCUT2D eigenvalue weighted by molar-refractivity contribution is 5.98. The Kier molecular flexibility index (Phi) is 5.14. The molecular weight excluding hydrogens is 369 g/mol. The van der Waals surface area contributed by atoms with Gasteiger partial charge in [-0.05, 0) is 36.2 Å². The second kappa shape index (κ2) is 7.89. The summed E-state index contributed by atoms with van der Waals surface area (Å²) in [5.74, 6) is 4.71. The average Bonchev–Trinajstić information content (AvgIpc) is 3.30. The van der Waals surface area contributed by atoms with E-state index in [-0.39, 0.29) is 11.7 Å². The molecule has 0 radical (unpaired) electrons. The molecule has 6 nitrogen and oxygen atoms in total. The van der Waals surface area contributed by atoms with Crippen molar-refractivity contribution in [3.05, 3.63) is 77.9 Å². The quantitative estimate of drug-likeness (QED) is 0.299. The lowest BCUT2D eigenvalue weighted by Crippen LogP contribution is -2.32. The number of aromatic nitrogens is 3. The number of fused-ring (bicyclic) bond motifs is 1. The molecule has 2 aromatic carbocycles. The fraction of sp³-hybridized carbons (Fsp3) is 0.182. The van der Waals surface area contributed by atoms with E-state index in [0.29, 0.717) is 24.5 Å². The fourth-order valence-electron chi connectivity index (χ4n) is 3.60. The molecule has 29 heavy (non-hydrogen) atoms. The van der Waals surface area contributed by atoms with Crippen LogP contribution in [0.2, 0.25) is 0 Å². The Bertz CT molecular complexity index is 1180. The first-order valence-corrected chi connectivity index (χ1v) is 9.52. The molecule has 0 unspecified atom stereocenters. The van der Waals surface area contributed by atoms with Gasteiger partial charge in [0.2, 0.25) is 0 Å². The molecule has 0 aliphatic heterocycles. The molecule has 148 valence electrons. The van der Waals surface area contributed by atoms with E-state index in [4.69, 9.17) is 5.84 Å². The standard InChI is InChI=1S/C22H22FN5O/c1-2-10-28-21(22(29)25-24)12-19(26-28)18-14-27(20-9-4-3-8-17(18)20)13-15-6-5-7-16(23)11-15/h3-9,11-12,14H,2,10,13,24H2,1H3,(H,25,29). The highest BCUT2D eigenvalue weighted by Crippen LogP contribution is 2.31. The second-order valence-electron chi connectivity index (χ2n) is 6.93. The van der Waals surface area contributed by atoms with Crippen LogP contribution >= 0.6 is 0 Å². The third-order valence-electron chi connectivity index (χ3n) is 4.89. The van der Waals surface area contributed by atoms with Gasteiger partial charge in [0.1, 0.15) is 11.5 Å². The number of para-hydroxylation sites is 1. The average molecular weight is 391 g/mol. The zero-order valence-corrected chi connectivity index (χ0v) is 16.1. The molecule has 0 bridgehead atoms. The lowest BCUT2D eigenvalue weighted by molar-refractivity contribution is 0.0942. The zero-order valence-electron chi connectivity index (χ0n) is 16.1. The number of hydrogen-bond acceptors (Lipinski definition) is 3. The molecule has 2 aromatic heterocycles. The molecule has 0 aliphatic carbocycles. The third kappa shape index (κ3) is 3.64. The van der Waals surface area contributed by atoms with E-state index < -0.39 is 0 Å². The Hall–Kier alpha value is -3.45. The smallest absolute Gasteiger partial charge is 0.283 e. The summed E-state index contributed by atoms with van der Waals surface area (Å²) in [5, 5.41) is 5.67. The molecule has 0 saturated carbocycles. The van der Waals surface area contributed by atoms with Gasteiger partial charge in [-0.3, -0.25) is 14.9 Å². The Labute approximate surface area is 167 Å². The summed E-state index contributed by atoms with van der Waals surface area (Å²) in [6.07, 6.45) is 2.84. The lowest BCUT2D eigenvalue weighted by Gasteiger charge is -2.05. The maximum Gasteiger partial charge on any atom is 0.283 e. The van der Waals surface area contributed by atoms with Gasteiger partial charge in [-0.15, -0.1) is 0 Å². The molecule has 1 amide bonds. The number of hydrogen-bond donors (Lipinski definition) is 2. The Morgan fingerprint density at radius 3 is 2.76 bits per heavy atom. The van der Waals surface area contributed by atoms with Crippen molar-refractivity contribution >= 4 is 16.8 Å². The summed E-state index contributed by atoms with van der Waals surface area (Å²) >= 11 is 0. The Morgan fingerprint density at radius 2 is 2.00 bits per heavy atom. The minimum absolute atomic E-state index is 0.255. The van der Waals surface area contributed by atoms with Crippen LogP contribution < -0.4 is 11.3 Å². The van der Waals surface area contributed by atoms with E-state index in [1.807, 2.05) is 43.5 Å². The summed E-state index contributed by atoms with van der Waals surface area (Å²) in [6.45, 7) is 3.17. The number of nitrogens with one attached hydrogen (secondary N) is 1. The summed E-state index contributed by atoms with van der Waals surface area (Å²) in [5.41, 5.74) is 6.11. The van der Waals surface area contributed by atoms with Gasteiger partial charge in [0.25, 0.3) is 5.91 Å². The highest BCUT2D eigenvalue weighted by atomic mass is 19.1. The number of nitrogens with two attached hydrogens (primary N) is 1. The first kappa shape index (κ1) is 18.9. The van der Waals surface area contributed by atoms with Gasteiger partial charge < -0.3 is 4.57 Å². The topological polar surface area (TPSA) is 77.9 Å². The van der Waals surface area contributed by atoms with Gasteiger partial charge in [0, 0.05) is 35.8 Å². The molecule has 0 saturated heterocycles. The van der Waals surface area contributed by atoms with Crippen molar-refractivity contribution < 1.29 is 9.18 Å². The number of amides is 1. The second-order valence-corrected chi connectivity index (χ2v) is 6.93. The molecule has 3 N–H and O–H groups in total. The van der Waals surface area contributed by atoms with Crippen LogP contribution in [0.4, 0.5) is 4.39 Å².